The molecule has 2 fully saturated rings. The summed E-state index contributed by atoms with van der Waals surface area (Å²) in [5.41, 5.74) is 5.63. The monoisotopic (exact) mass is 509 g/mol. The van der Waals surface area contributed by atoms with Crippen LogP contribution in [0.15, 0.2) is 35.3 Å². The van der Waals surface area contributed by atoms with Crippen LogP contribution in [-0.2, 0) is 6.54 Å². The van der Waals surface area contributed by atoms with Gasteiger partial charge in [0.2, 0.25) is 0 Å². The number of carbonyl (C=O) groups excluding carboxylic acids is 1. The zero-order chi connectivity index (χ0) is 25.7. The fourth-order valence-corrected chi connectivity index (χ4v) is 4.36. The van der Waals surface area contributed by atoms with E-state index in [0.29, 0.717) is 31.7 Å². The molecule has 0 spiro atoms. The van der Waals surface area contributed by atoms with Crippen LogP contribution in [0.2, 0.25) is 0 Å². The maximum absolute atomic E-state index is 13.1. The van der Waals surface area contributed by atoms with Gasteiger partial charge in [0.1, 0.15) is 11.6 Å². The topological polar surface area (TPSA) is 127 Å². The number of anilines is 1. The maximum atomic E-state index is 13.1. The number of alkyl halides is 3. The fourth-order valence-electron chi connectivity index (χ4n) is 4.36. The molecule has 196 valence electrons. The highest BCUT2D eigenvalue weighted by atomic mass is 19.4. The minimum absolute atomic E-state index is 0.0552. The first-order valence-corrected chi connectivity index (χ1v) is 11.9. The summed E-state index contributed by atoms with van der Waals surface area (Å²) in [7, 11) is 0. The minimum atomic E-state index is -4.90. The van der Waals surface area contributed by atoms with Gasteiger partial charge in [-0.05, 0) is 37.8 Å². The lowest BCUT2D eigenvalue weighted by atomic mass is 9.92. The van der Waals surface area contributed by atoms with E-state index in [1.807, 2.05) is 0 Å². The summed E-state index contributed by atoms with van der Waals surface area (Å²) in [6.07, 6.45) is -0.111. The van der Waals surface area contributed by atoms with Crippen LogP contribution in [0.4, 0.5) is 23.8 Å². The Morgan fingerprint density at radius 1 is 1.17 bits per heavy atom. The second kappa shape index (κ2) is 11.3. The van der Waals surface area contributed by atoms with E-state index in [4.69, 9.17) is 5.73 Å². The summed E-state index contributed by atoms with van der Waals surface area (Å²) in [6, 6.07) is 5.54. The van der Waals surface area contributed by atoms with Gasteiger partial charge in [-0.2, -0.15) is 4.98 Å². The molecule has 36 heavy (non-hydrogen) atoms. The molecule has 2 aliphatic rings. The standard InChI is InChI=1S/C23H30F3N7O3/c24-23(25,26)36-19-13-18(6-1-15(19)14-29-17-4-2-16(27)3-5-17)33-10-7-20(31-22(33)35)30-21(34)32-11-8-28-9-12-32/h1,6-7,10,13,16-17,28-29H,2-5,8-9,11-12,14,27H2,(H,30,31,34,35)/t16-,17-. The Labute approximate surface area is 206 Å². The molecule has 4 rings (SSSR count). The second-order valence-corrected chi connectivity index (χ2v) is 8.96. The Hall–Kier alpha value is -3.16. The number of carbonyl (C=O) groups is 1. The van der Waals surface area contributed by atoms with Gasteiger partial charge in [0.25, 0.3) is 0 Å². The van der Waals surface area contributed by atoms with Gasteiger partial charge in [-0.3, -0.25) is 9.88 Å². The molecule has 0 unspecified atom stereocenters. The number of urea groups is 1. The average Bonchev–Trinajstić information content (AvgIpc) is 2.84. The number of rotatable bonds is 6. The molecular formula is C23H30F3N7O3. The molecule has 0 atom stereocenters. The number of hydrogen-bond acceptors (Lipinski definition) is 7. The Balaban J connectivity index is 1.49. The van der Waals surface area contributed by atoms with Crippen molar-refractivity contribution in [2.45, 2.75) is 50.7 Å². The number of aromatic nitrogens is 2. The molecule has 13 heteroatoms. The van der Waals surface area contributed by atoms with Gasteiger partial charge >= 0.3 is 18.1 Å². The van der Waals surface area contributed by atoms with Crippen LogP contribution in [0.1, 0.15) is 31.2 Å². The Morgan fingerprint density at radius 3 is 2.56 bits per heavy atom. The number of ether oxygens (including phenoxy) is 1. The number of nitrogens with two attached hydrogens (primary N) is 1. The molecule has 2 aromatic rings. The van der Waals surface area contributed by atoms with Crippen LogP contribution in [0.3, 0.4) is 0 Å². The van der Waals surface area contributed by atoms with Crippen LogP contribution in [-0.4, -0.2) is 65.1 Å². The summed E-state index contributed by atoms with van der Waals surface area (Å²) in [5, 5.41) is 8.99. The van der Waals surface area contributed by atoms with E-state index in [0.717, 1.165) is 36.3 Å². The van der Waals surface area contributed by atoms with Gasteiger partial charge in [-0.1, -0.05) is 6.07 Å². The lowest BCUT2D eigenvalue weighted by molar-refractivity contribution is -0.274. The van der Waals surface area contributed by atoms with E-state index in [1.165, 1.54) is 24.4 Å². The van der Waals surface area contributed by atoms with Crippen molar-refractivity contribution in [3.8, 4) is 11.4 Å². The van der Waals surface area contributed by atoms with E-state index >= 15 is 0 Å². The summed E-state index contributed by atoms with van der Waals surface area (Å²) in [5.74, 6) is -0.345. The molecular weight excluding hydrogens is 479 g/mol. The van der Waals surface area contributed by atoms with Crippen molar-refractivity contribution in [3.05, 3.63) is 46.5 Å². The first kappa shape index (κ1) is 25.9. The number of piperazine rings is 1. The molecule has 2 heterocycles. The normalized spacial score (nSPS) is 20.7. The highest BCUT2D eigenvalue weighted by Gasteiger charge is 2.32. The third-order valence-electron chi connectivity index (χ3n) is 6.35. The van der Waals surface area contributed by atoms with Gasteiger partial charge in [0.15, 0.2) is 0 Å². The molecule has 1 saturated carbocycles. The third-order valence-corrected chi connectivity index (χ3v) is 6.35. The highest BCUT2D eigenvalue weighted by molar-refractivity contribution is 5.88. The van der Waals surface area contributed by atoms with Crippen LogP contribution < -0.4 is 32.1 Å². The summed E-state index contributed by atoms with van der Waals surface area (Å²) in [6.45, 7) is 2.58. The minimum Gasteiger partial charge on any atom is -0.405 e. The zero-order valence-corrected chi connectivity index (χ0v) is 19.7. The van der Waals surface area contributed by atoms with Gasteiger partial charge in [0, 0.05) is 62.6 Å². The molecule has 1 aliphatic carbocycles. The average molecular weight is 510 g/mol. The summed E-state index contributed by atoms with van der Waals surface area (Å²) >= 11 is 0. The smallest absolute Gasteiger partial charge is 0.405 e. The predicted octanol–water partition coefficient (Wildman–Crippen LogP) is 1.93. The van der Waals surface area contributed by atoms with Crippen LogP contribution in [0.25, 0.3) is 5.69 Å². The largest absolute Gasteiger partial charge is 0.573 e. The molecule has 5 N–H and O–H groups in total. The van der Waals surface area contributed by atoms with Gasteiger partial charge < -0.3 is 26.0 Å². The molecule has 0 radical (unpaired) electrons. The van der Waals surface area contributed by atoms with Crippen molar-refractivity contribution < 1.29 is 22.7 Å². The highest BCUT2D eigenvalue weighted by Crippen LogP contribution is 2.29. The number of benzene rings is 1. The number of nitrogens with one attached hydrogen (secondary N) is 3. The van der Waals surface area contributed by atoms with E-state index in [9.17, 15) is 22.8 Å². The van der Waals surface area contributed by atoms with Crippen LogP contribution in [0, 0.1) is 0 Å². The van der Waals surface area contributed by atoms with E-state index in [-0.39, 0.29) is 36.2 Å². The lowest BCUT2D eigenvalue weighted by Crippen LogP contribution is -2.48. The summed E-state index contributed by atoms with van der Waals surface area (Å²) in [4.78, 5) is 30.4. The van der Waals surface area contributed by atoms with E-state index in [1.54, 1.807) is 4.90 Å². The predicted molar refractivity (Wildman–Crippen MR) is 127 cm³/mol. The zero-order valence-electron chi connectivity index (χ0n) is 19.7. The van der Waals surface area contributed by atoms with Crippen molar-refractivity contribution in [1.82, 2.24) is 25.1 Å². The van der Waals surface area contributed by atoms with Crippen LogP contribution in [0.5, 0.6) is 5.75 Å². The Morgan fingerprint density at radius 2 is 1.89 bits per heavy atom. The number of halogens is 3. The van der Waals surface area contributed by atoms with E-state index < -0.39 is 17.8 Å². The van der Waals surface area contributed by atoms with Gasteiger partial charge in [-0.25, -0.2) is 9.59 Å². The first-order chi connectivity index (χ1) is 17.2. The molecule has 1 aliphatic heterocycles. The number of hydrogen-bond donors (Lipinski definition) is 4. The molecule has 1 aromatic carbocycles. The fraction of sp³-hybridized carbons (Fsp3) is 0.522. The van der Waals surface area contributed by atoms with E-state index in [2.05, 4.69) is 25.7 Å². The Kier molecular flexibility index (Phi) is 8.11. The first-order valence-electron chi connectivity index (χ1n) is 11.9. The van der Waals surface area contributed by atoms with Crippen molar-refractivity contribution in [2.75, 3.05) is 31.5 Å². The quantitative estimate of drug-likeness (QED) is 0.469. The molecule has 0 bridgehead atoms. The molecule has 1 aromatic heterocycles. The molecule has 1 saturated heterocycles. The van der Waals surface area contributed by atoms with Gasteiger partial charge in [0.05, 0.1) is 5.69 Å². The molecule has 2 amide bonds. The molecule has 10 nitrogen and oxygen atoms in total. The second-order valence-electron chi connectivity index (χ2n) is 8.96. The number of amides is 2. The van der Waals surface area contributed by atoms with Crippen molar-refractivity contribution in [2.24, 2.45) is 5.73 Å². The van der Waals surface area contributed by atoms with Crippen molar-refractivity contribution in [3.63, 3.8) is 0 Å². The van der Waals surface area contributed by atoms with Crippen molar-refractivity contribution in [1.29, 1.82) is 0 Å². The van der Waals surface area contributed by atoms with Crippen molar-refractivity contribution >= 4 is 11.8 Å². The van der Waals surface area contributed by atoms with Crippen LogP contribution >= 0.6 is 0 Å². The SMILES string of the molecule is N[C@H]1CC[C@H](NCc2ccc(-n3ccc(NC(=O)N4CCNCC4)nc3=O)cc2OC(F)(F)F)CC1. The van der Waals surface area contributed by atoms with Gasteiger partial charge in [-0.15, -0.1) is 13.2 Å². The lowest BCUT2D eigenvalue weighted by Gasteiger charge is -2.27. The third kappa shape index (κ3) is 6.95. The maximum Gasteiger partial charge on any atom is 0.573 e. The number of nitrogens with zero attached hydrogens (tertiary/aromatic N) is 3. The Bertz CT molecular complexity index is 1110. The summed E-state index contributed by atoms with van der Waals surface area (Å²) < 4.78 is 44.7.